The summed E-state index contributed by atoms with van der Waals surface area (Å²) in [7, 11) is 0. The molecule has 3 aromatic rings. The molecule has 1 aliphatic heterocycles. The third-order valence-electron chi connectivity index (χ3n) is 6.53. The van der Waals surface area contributed by atoms with Crippen LogP contribution in [0.2, 0.25) is 0 Å². The minimum atomic E-state index is 0.0392. The molecule has 0 spiro atoms. The van der Waals surface area contributed by atoms with Gasteiger partial charge in [-0.15, -0.1) is 0 Å². The Labute approximate surface area is 183 Å². The fourth-order valence-corrected chi connectivity index (χ4v) is 5.54. The van der Waals surface area contributed by atoms with Crippen molar-refractivity contribution in [1.29, 1.82) is 0 Å². The number of thiocarbonyl (C=S) groups is 1. The van der Waals surface area contributed by atoms with Crippen molar-refractivity contribution < 1.29 is 0 Å². The van der Waals surface area contributed by atoms with Gasteiger partial charge in [0.25, 0.3) is 0 Å². The summed E-state index contributed by atoms with van der Waals surface area (Å²) in [5, 5.41) is 4.50. The number of pyridine rings is 1. The highest BCUT2D eigenvalue weighted by molar-refractivity contribution is 7.80. The number of nitrogens with zero attached hydrogens (tertiary/aromatic N) is 3. The van der Waals surface area contributed by atoms with Crippen LogP contribution in [0.1, 0.15) is 61.3 Å². The second kappa shape index (κ2) is 8.23. The van der Waals surface area contributed by atoms with Crippen LogP contribution in [0.3, 0.4) is 0 Å². The summed E-state index contributed by atoms with van der Waals surface area (Å²) in [4.78, 5) is 7.19. The molecular formula is C25H28N4S. The molecule has 2 aromatic heterocycles. The van der Waals surface area contributed by atoms with Crippen LogP contribution >= 0.6 is 12.2 Å². The molecule has 1 saturated carbocycles. The monoisotopic (exact) mass is 416 g/mol. The number of aryl methyl sites for hydroxylation is 1. The van der Waals surface area contributed by atoms with Crippen molar-refractivity contribution in [3.8, 4) is 5.69 Å². The van der Waals surface area contributed by atoms with Crippen LogP contribution in [0.5, 0.6) is 0 Å². The molecule has 2 fully saturated rings. The van der Waals surface area contributed by atoms with Crippen molar-refractivity contribution in [1.82, 2.24) is 19.8 Å². The first-order valence-corrected chi connectivity index (χ1v) is 11.4. The largest absolute Gasteiger partial charge is 0.352 e. The highest BCUT2D eigenvalue weighted by Crippen LogP contribution is 2.43. The molecule has 1 N–H and O–H groups in total. The Balaban J connectivity index is 1.64. The zero-order chi connectivity index (χ0) is 20.5. The SMILES string of the molecule is Cc1ccc([C@H]2[C@@H](c3ccccn3)NC(=S)N2C2CCCCC2)n1-c1ccccc1. The highest BCUT2D eigenvalue weighted by Gasteiger charge is 2.44. The first-order chi connectivity index (χ1) is 14.7. The van der Waals surface area contributed by atoms with E-state index < -0.39 is 0 Å². The van der Waals surface area contributed by atoms with Crippen LogP contribution in [-0.2, 0) is 0 Å². The summed E-state index contributed by atoms with van der Waals surface area (Å²) in [6.45, 7) is 2.18. The molecule has 30 heavy (non-hydrogen) atoms. The predicted molar refractivity (Wildman–Crippen MR) is 125 cm³/mol. The van der Waals surface area contributed by atoms with Gasteiger partial charge in [0.1, 0.15) is 0 Å². The van der Waals surface area contributed by atoms with Crippen molar-refractivity contribution in [2.75, 3.05) is 0 Å². The van der Waals surface area contributed by atoms with Gasteiger partial charge in [0.2, 0.25) is 0 Å². The van der Waals surface area contributed by atoms with Crippen molar-refractivity contribution in [2.45, 2.75) is 57.2 Å². The molecule has 0 unspecified atom stereocenters. The Morgan fingerprint density at radius 3 is 2.43 bits per heavy atom. The second-order valence-corrected chi connectivity index (χ2v) is 8.78. The van der Waals surface area contributed by atoms with Crippen molar-refractivity contribution in [2.24, 2.45) is 0 Å². The molecule has 0 amide bonds. The van der Waals surface area contributed by atoms with Crippen LogP contribution in [-0.4, -0.2) is 25.6 Å². The Kier molecular flexibility index (Phi) is 5.30. The molecule has 0 bridgehead atoms. The van der Waals surface area contributed by atoms with Crippen LogP contribution in [0.15, 0.2) is 66.9 Å². The van der Waals surface area contributed by atoms with E-state index in [4.69, 9.17) is 17.2 Å². The maximum Gasteiger partial charge on any atom is 0.170 e. The quantitative estimate of drug-likeness (QED) is 0.571. The van der Waals surface area contributed by atoms with E-state index in [-0.39, 0.29) is 12.1 Å². The third kappa shape index (κ3) is 3.41. The Bertz CT molecular complexity index is 1010. The van der Waals surface area contributed by atoms with Gasteiger partial charge in [0, 0.05) is 29.3 Å². The van der Waals surface area contributed by atoms with E-state index in [1.165, 1.54) is 49.2 Å². The fourth-order valence-electron chi connectivity index (χ4n) is 5.15. The minimum Gasteiger partial charge on any atom is -0.352 e. The normalized spacial score (nSPS) is 22.3. The molecule has 2 aliphatic rings. The molecule has 3 heterocycles. The number of hydrogen-bond donors (Lipinski definition) is 1. The van der Waals surface area contributed by atoms with Gasteiger partial charge in [0.05, 0.1) is 17.8 Å². The maximum absolute atomic E-state index is 5.92. The maximum atomic E-state index is 5.92. The summed E-state index contributed by atoms with van der Waals surface area (Å²) < 4.78 is 2.38. The molecular weight excluding hydrogens is 388 g/mol. The zero-order valence-corrected chi connectivity index (χ0v) is 18.2. The van der Waals surface area contributed by atoms with Gasteiger partial charge >= 0.3 is 0 Å². The molecule has 2 atom stereocenters. The molecule has 0 radical (unpaired) electrons. The number of nitrogens with one attached hydrogen (secondary N) is 1. The lowest BCUT2D eigenvalue weighted by atomic mass is 9.92. The lowest BCUT2D eigenvalue weighted by molar-refractivity contribution is 0.193. The number of para-hydroxylation sites is 1. The lowest BCUT2D eigenvalue weighted by Crippen LogP contribution is -2.40. The molecule has 1 saturated heterocycles. The molecule has 4 nitrogen and oxygen atoms in total. The Hall–Kier alpha value is -2.66. The van der Waals surface area contributed by atoms with Crippen LogP contribution < -0.4 is 5.32 Å². The summed E-state index contributed by atoms with van der Waals surface area (Å²) in [5.41, 5.74) is 4.74. The molecule has 1 aromatic carbocycles. The number of aromatic nitrogens is 2. The van der Waals surface area contributed by atoms with Gasteiger partial charge in [-0.05, 0) is 68.4 Å². The standard InChI is InChI=1S/C25H28N4S/c1-18-15-16-22(28(18)19-10-4-2-5-11-19)24-23(21-14-8-9-17-26-21)27-25(30)29(24)20-12-6-3-7-13-20/h2,4-5,8-11,14-17,20,23-24H,3,6-7,12-13H2,1H3,(H,27,30)/t23-,24+/m1/s1. The van der Waals surface area contributed by atoms with E-state index in [1.807, 2.05) is 12.3 Å². The van der Waals surface area contributed by atoms with E-state index in [1.54, 1.807) is 0 Å². The third-order valence-corrected chi connectivity index (χ3v) is 6.86. The molecule has 154 valence electrons. The van der Waals surface area contributed by atoms with Gasteiger partial charge in [0.15, 0.2) is 5.11 Å². The summed E-state index contributed by atoms with van der Waals surface area (Å²) in [6.07, 6.45) is 8.18. The van der Waals surface area contributed by atoms with E-state index in [9.17, 15) is 0 Å². The summed E-state index contributed by atoms with van der Waals surface area (Å²) >= 11 is 5.92. The van der Waals surface area contributed by atoms with Gasteiger partial charge in [-0.3, -0.25) is 4.98 Å². The average Bonchev–Trinajstić information content (AvgIpc) is 3.35. The van der Waals surface area contributed by atoms with Crippen LogP contribution in [0, 0.1) is 6.92 Å². The zero-order valence-electron chi connectivity index (χ0n) is 17.4. The molecule has 5 rings (SSSR count). The van der Waals surface area contributed by atoms with E-state index in [0.717, 1.165) is 10.8 Å². The van der Waals surface area contributed by atoms with Crippen molar-refractivity contribution >= 4 is 17.3 Å². The summed E-state index contributed by atoms with van der Waals surface area (Å²) in [5.74, 6) is 0. The van der Waals surface area contributed by atoms with E-state index >= 15 is 0 Å². The Morgan fingerprint density at radius 2 is 1.70 bits per heavy atom. The first kappa shape index (κ1) is 19.3. The minimum absolute atomic E-state index is 0.0392. The van der Waals surface area contributed by atoms with Crippen LogP contribution in [0.25, 0.3) is 5.69 Å². The summed E-state index contributed by atoms with van der Waals surface area (Å²) in [6, 6.07) is 21.9. The predicted octanol–water partition coefficient (Wildman–Crippen LogP) is 5.49. The molecule has 5 heteroatoms. The van der Waals surface area contributed by atoms with Gasteiger partial charge < -0.3 is 14.8 Å². The number of hydrogen-bond acceptors (Lipinski definition) is 2. The molecule has 1 aliphatic carbocycles. The number of benzene rings is 1. The Morgan fingerprint density at radius 1 is 0.933 bits per heavy atom. The highest BCUT2D eigenvalue weighted by atomic mass is 32.1. The smallest absolute Gasteiger partial charge is 0.170 e. The van der Waals surface area contributed by atoms with Gasteiger partial charge in [-0.2, -0.15) is 0 Å². The number of rotatable bonds is 4. The van der Waals surface area contributed by atoms with E-state index in [0.29, 0.717) is 6.04 Å². The van der Waals surface area contributed by atoms with E-state index in [2.05, 4.69) is 76.3 Å². The average molecular weight is 417 g/mol. The van der Waals surface area contributed by atoms with Crippen molar-refractivity contribution in [3.63, 3.8) is 0 Å². The topological polar surface area (TPSA) is 33.1 Å². The first-order valence-electron chi connectivity index (χ1n) is 11.0. The van der Waals surface area contributed by atoms with Gasteiger partial charge in [-0.1, -0.05) is 43.5 Å². The lowest BCUT2D eigenvalue weighted by Gasteiger charge is -2.37. The van der Waals surface area contributed by atoms with Gasteiger partial charge in [-0.25, -0.2) is 0 Å². The van der Waals surface area contributed by atoms with Crippen LogP contribution in [0.4, 0.5) is 0 Å². The second-order valence-electron chi connectivity index (χ2n) is 8.40. The van der Waals surface area contributed by atoms with Crippen molar-refractivity contribution in [3.05, 3.63) is 83.9 Å². The fraction of sp³-hybridized carbons (Fsp3) is 0.360.